The SMILES string of the molecule is CN(C)[C@@H]1C(O)=C(C(N)=O)C(=O)[C@@]2(O)C(O)=C3C(=O)c4c(ccc(NC(=O)C(CS)N5CCNCC5)c4O)CC3CC12. The van der Waals surface area contributed by atoms with Gasteiger partial charge in [0, 0.05) is 43.4 Å². The second-order valence-corrected chi connectivity index (χ2v) is 11.8. The monoisotopic (exact) mass is 601 g/mol. The molecule has 42 heavy (non-hydrogen) atoms. The molecule has 13 nitrogen and oxygen atoms in total. The minimum Gasteiger partial charge on any atom is -0.510 e. The number of fused-ring (bicyclic) bond motifs is 3. The smallest absolute Gasteiger partial charge is 0.255 e. The molecule has 1 aromatic carbocycles. The van der Waals surface area contributed by atoms with Gasteiger partial charge in [0.1, 0.15) is 17.1 Å². The maximum absolute atomic E-state index is 13.9. The van der Waals surface area contributed by atoms with Gasteiger partial charge in [-0.05, 0) is 44.5 Å². The summed E-state index contributed by atoms with van der Waals surface area (Å²) in [4.78, 5) is 56.0. The van der Waals surface area contributed by atoms with Gasteiger partial charge in [-0.15, -0.1) is 0 Å². The van der Waals surface area contributed by atoms with Crippen LogP contribution in [0.15, 0.2) is 34.8 Å². The summed E-state index contributed by atoms with van der Waals surface area (Å²) >= 11 is 4.33. The van der Waals surface area contributed by atoms with Gasteiger partial charge in [-0.25, -0.2) is 0 Å². The molecule has 1 aromatic rings. The Morgan fingerprint density at radius 2 is 1.88 bits per heavy atom. The molecule has 0 spiro atoms. The maximum atomic E-state index is 13.9. The van der Waals surface area contributed by atoms with Crippen molar-refractivity contribution in [3.05, 3.63) is 45.9 Å². The van der Waals surface area contributed by atoms with E-state index in [1.807, 2.05) is 4.90 Å². The van der Waals surface area contributed by atoms with Crippen LogP contribution in [0.25, 0.3) is 0 Å². The van der Waals surface area contributed by atoms with Crippen molar-refractivity contribution < 1.29 is 39.6 Å². The third-order valence-electron chi connectivity index (χ3n) is 8.92. The van der Waals surface area contributed by atoms with Gasteiger partial charge in [0.2, 0.25) is 11.7 Å². The van der Waals surface area contributed by atoms with Gasteiger partial charge >= 0.3 is 0 Å². The Hall–Kier alpha value is -3.43. The van der Waals surface area contributed by atoms with Crippen LogP contribution < -0.4 is 16.4 Å². The number of hydrogen-bond donors (Lipinski definition) is 8. The second-order valence-electron chi connectivity index (χ2n) is 11.4. The number of nitrogens with zero attached hydrogens (tertiary/aromatic N) is 2. The zero-order chi connectivity index (χ0) is 30.7. The van der Waals surface area contributed by atoms with E-state index in [0.717, 1.165) is 13.1 Å². The van der Waals surface area contributed by atoms with Crippen LogP contribution in [0.5, 0.6) is 5.75 Å². The topological polar surface area (TPSA) is 206 Å². The van der Waals surface area contributed by atoms with Gasteiger partial charge in [0.15, 0.2) is 17.1 Å². The molecular formula is C28H35N5O8S. The number of hydrogen-bond acceptors (Lipinski definition) is 12. The number of nitrogens with one attached hydrogen (secondary N) is 2. The normalized spacial score (nSPS) is 28.7. The molecule has 5 atom stereocenters. The maximum Gasteiger partial charge on any atom is 0.255 e. The van der Waals surface area contributed by atoms with E-state index in [4.69, 9.17) is 5.73 Å². The predicted octanol–water partition coefficient (Wildman–Crippen LogP) is -0.737. The average molecular weight is 602 g/mol. The summed E-state index contributed by atoms with van der Waals surface area (Å²) in [7, 11) is 3.14. The zero-order valence-electron chi connectivity index (χ0n) is 23.3. The summed E-state index contributed by atoms with van der Waals surface area (Å²) < 4.78 is 0. The molecule has 0 aromatic heterocycles. The number of aliphatic hydroxyl groups excluding tert-OH is 2. The van der Waals surface area contributed by atoms with Crippen LogP contribution in [0.2, 0.25) is 0 Å². The number of primary amides is 1. The molecule has 3 aliphatic carbocycles. The summed E-state index contributed by atoms with van der Waals surface area (Å²) in [6, 6.07) is 1.47. The number of rotatable bonds is 6. The van der Waals surface area contributed by atoms with Gasteiger partial charge in [-0.1, -0.05) is 6.07 Å². The Bertz CT molecular complexity index is 1440. The molecule has 0 saturated carbocycles. The van der Waals surface area contributed by atoms with E-state index in [0.29, 0.717) is 18.7 Å². The van der Waals surface area contributed by atoms with Crippen LogP contribution in [0.1, 0.15) is 22.3 Å². The van der Waals surface area contributed by atoms with Gasteiger partial charge in [0.25, 0.3) is 5.91 Å². The highest BCUT2D eigenvalue weighted by atomic mass is 32.1. The molecule has 5 rings (SSSR count). The Morgan fingerprint density at radius 1 is 1.21 bits per heavy atom. The summed E-state index contributed by atoms with van der Waals surface area (Å²) in [5, 5.41) is 51.0. The molecule has 14 heteroatoms. The fourth-order valence-electron chi connectivity index (χ4n) is 6.90. The van der Waals surface area contributed by atoms with Crippen molar-refractivity contribution in [3.8, 4) is 5.75 Å². The van der Waals surface area contributed by atoms with Gasteiger partial charge < -0.3 is 36.8 Å². The van der Waals surface area contributed by atoms with E-state index in [1.165, 1.54) is 11.0 Å². The Balaban J connectivity index is 1.53. The number of nitrogens with two attached hydrogens (primary N) is 1. The quantitative estimate of drug-likeness (QED) is 0.116. The molecule has 2 amide bonds. The molecule has 226 valence electrons. The average Bonchev–Trinajstić information content (AvgIpc) is 2.93. The van der Waals surface area contributed by atoms with Crippen LogP contribution in [0, 0.1) is 11.8 Å². The van der Waals surface area contributed by atoms with Crippen LogP contribution in [0.3, 0.4) is 0 Å². The van der Waals surface area contributed by atoms with E-state index in [-0.39, 0.29) is 35.4 Å². The van der Waals surface area contributed by atoms with Crippen molar-refractivity contribution >= 4 is 41.7 Å². The van der Waals surface area contributed by atoms with Gasteiger partial charge in [-0.3, -0.25) is 29.0 Å². The lowest BCUT2D eigenvalue weighted by Crippen LogP contribution is -2.63. The van der Waals surface area contributed by atoms with Crippen molar-refractivity contribution in [2.24, 2.45) is 17.6 Å². The van der Waals surface area contributed by atoms with Crippen LogP contribution in [-0.2, 0) is 20.8 Å². The molecule has 3 unspecified atom stereocenters. The number of allylic oxidation sites excluding steroid dienone is 1. The molecule has 0 radical (unpaired) electrons. The van der Waals surface area contributed by atoms with E-state index in [9.17, 15) is 39.6 Å². The molecule has 8 N–H and O–H groups in total. The number of carbonyl (C=O) groups excluding carboxylic acids is 4. The van der Waals surface area contributed by atoms with Crippen molar-refractivity contribution in [2.75, 3.05) is 51.3 Å². The number of likely N-dealkylation sites (N-methyl/N-ethyl adjacent to an activating group) is 1. The molecule has 1 fully saturated rings. The highest BCUT2D eigenvalue weighted by molar-refractivity contribution is 7.80. The van der Waals surface area contributed by atoms with Crippen LogP contribution in [0.4, 0.5) is 5.69 Å². The lowest BCUT2D eigenvalue weighted by Gasteiger charge is -2.50. The van der Waals surface area contributed by atoms with E-state index < -0.39 is 75.7 Å². The summed E-state index contributed by atoms with van der Waals surface area (Å²) in [6.07, 6.45) is 0.162. The molecule has 4 aliphatic rings. The van der Waals surface area contributed by atoms with Crippen molar-refractivity contribution in [1.29, 1.82) is 0 Å². The molecule has 1 aliphatic heterocycles. The number of aromatic hydroxyl groups is 1. The number of anilines is 1. The predicted molar refractivity (Wildman–Crippen MR) is 154 cm³/mol. The number of phenolic OH excluding ortho intramolecular Hbond substituents is 1. The third-order valence-corrected chi connectivity index (χ3v) is 9.27. The van der Waals surface area contributed by atoms with E-state index >= 15 is 0 Å². The zero-order valence-corrected chi connectivity index (χ0v) is 24.1. The Kier molecular flexibility index (Phi) is 7.87. The summed E-state index contributed by atoms with van der Waals surface area (Å²) in [5.41, 5.74) is 1.81. The molecule has 1 heterocycles. The third kappa shape index (κ3) is 4.48. The number of amides is 2. The Morgan fingerprint density at radius 3 is 2.48 bits per heavy atom. The first-order valence-electron chi connectivity index (χ1n) is 13.7. The molecule has 0 bridgehead atoms. The first-order chi connectivity index (χ1) is 19.8. The fraction of sp³-hybridized carbons (Fsp3) is 0.500. The number of carbonyl (C=O) groups is 4. The number of ketones is 2. The number of piperazine rings is 1. The lowest BCUT2D eigenvalue weighted by atomic mass is 9.58. The minimum absolute atomic E-state index is 0.000667. The first kappa shape index (κ1) is 30.0. The number of aliphatic hydroxyl groups is 3. The second kappa shape index (κ2) is 11.0. The number of thiol groups is 1. The molecular weight excluding hydrogens is 566 g/mol. The molecule has 1 saturated heterocycles. The van der Waals surface area contributed by atoms with E-state index in [2.05, 4.69) is 23.3 Å². The largest absolute Gasteiger partial charge is 0.510 e. The standard InChI is InChI=1S/C28H35N5O8S/c1-32(2)20-14-10-13-9-12-3-4-15(31-27(40)16(11-42)33-7-5-30-6-8-33)21(34)17(12)22(35)18(13)24(37)28(14,41)25(38)19(23(20)36)26(29)39/h3-4,13-14,16,20,30,34,36-37,41-42H,5-11H2,1-2H3,(H2,29,39)(H,31,40)/t13?,14?,16?,20-,28-/m0/s1. The van der Waals surface area contributed by atoms with Crippen molar-refractivity contribution in [1.82, 2.24) is 15.1 Å². The van der Waals surface area contributed by atoms with Crippen LogP contribution in [-0.4, -0.2) is 117 Å². The van der Waals surface area contributed by atoms with Crippen LogP contribution >= 0.6 is 12.6 Å². The summed E-state index contributed by atoms with van der Waals surface area (Å²) in [5.74, 6) is -7.41. The van der Waals surface area contributed by atoms with Gasteiger partial charge in [0.05, 0.1) is 23.3 Å². The highest BCUT2D eigenvalue weighted by Crippen LogP contribution is 2.52. The van der Waals surface area contributed by atoms with Gasteiger partial charge in [-0.2, -0.15) is 12.6 Å². The lowest BCUT2D eigenvalue weighted by molar-refractivity contribution is -0.148. The summed E-state index contributed by atoms with van der Waals surface area (Å²) in [6.45, 7) is 2.72. The number of Topliss-reactive ketones (excluding diaryl/α,β-unsaturated/α-hetero) is 2. The van der Waals surface area contributed by atoms with Crippen molar-refractivity contribution in [2.45, 2.75) is 30.5 Å². The Labute approximate surface area is 247 Å². The first-order valence-corrected chi connectivity index (χ1v) is 14.3. The minimum atomic E-state index is -2.71. The van der Waals surface area contributed by atoms with E-state index in [1.54, 1.807) is 20.2 Å². The number of phenols is 1. The highest BCUT2D eigenvalue weighted by Gasteiger charge is 2.63. The fourth-order valence-corrected chi connectivity index (χ4v) is 7.30. The van der Waals surface area contributed by atoms with Crippen molar-refractivity contribution in [3.63, 3.8) is 0 Å². The number of benzene rings is 1.